The van der Waals surface area contributed by atoms with Gasteiger partial charge in [0, 0.05) is 39.2 Å². The van der Waals surface area contributed by atoms with E-state index in [-0.39, 0.29) is 12.1 Å². The number of nitrogens with zero attached hydrogens (tertiary/aromatic N) is 1. The Morgan fingerprint density at radius 2 is 2.22 bits per heavy atom. The third-order valence-electron chi connectivity index (χ3n) is 3.92. The number of esters is 1. The fourth-order valence-electron chi connectivity index (χ4n) is 3.03. The Bertz CT molecular complexity index is 292. The van der Waals surface area contributed by atoms with Crippen molar-refractivity contribution >= 4 is 5.97 Å². The van der Waals surface area contributed by atoms with E-state index in [9.17, 15) is 4.79 Å². The van der Waals surface area contributed by atoms with E-state index in [0.717, 1.165) is 39.0 Å². The van der Waals surface area contributed by atoms with E-state index in [4.69, 9.17) is 9.47 Å². The summed E-state index contributed by atoms with van der Waals surface area (Å²) in [5.74, 6) is -0.0675. The Morgan fingerprint density at radius 3 is 2.83 bits per heavy atom. The molecule has 1 N–H and O–H groups in total. The first-order valence-electron chi connectivity index (χ1n) is 6.93. The zero-order chi connectivity index (χ0) is 13.0. The van der Waals surface area contributed by atoms with Crippen LogP contribution < -0.4 is 5.32 Å². The van der Waals surface area contributed by atoms with Gasteiger partial charge in [-0.1, -0.05) is 0 Å². The van der Waals surface area contributed by atoms with Crippen molar-refractivity contribution in [3.05, 3.63) is 0 Å². The van der Waals surface area contributed by atoms with Crippen molar-refractivity contribution in [2.45, 2.75) is 38.3 Å². The molecule has 2 rings (SSSR count). The Kier molecular flexibility index (Phi) is 4.59. The maximum Gasteiger partial charge on any atom is 0.326 e. The highest BCUT2D eigenvalue weighted by molar-refractivity contribution is 5.81. The smallest absolute Gasteiger partial charge is 0.326 e. The van der Waals surface area contributed by atoms with Gasteiger partial charge in [-0.05, 0) is 20.3 Å². The molecular formula is C13H24N2O3. The van der Waals surface area contributed by atoms with E-state index in [1.807, 2.05) is 13.8 Å². The normalized spacial score (nSPS) is 34.2. The van der Waals surface area contributed by atoms with E-state index in [1.54, 1.807) is 0 Å². The van der Waals surface area contributed by atoms with Crippen LogP contribution in [0.5, 0.6) is 0 Å². The molecule has 0 aliphatic carbocycles. The predicted molar refractivity (Wildman–Crippen MR) is 68.5 cm³/mol. The van der Waals surface area contributed by atoms with Gasteiger partial charge < -0.3 is 14.8 Å². The van der Waals surface area contributed by atoms with Crippen molar-refractivity contribution in [2.75, 3.05) is 39.4 Å². The second kappa shape index (κ2) is 5.99. The van der Waals surface area contributed by atoms with Crippen molar-refractivity contribution < 1.29 is 14.3 Å². The molecule has 2 fully saturated rings. The highest BCUT2D eigenvalue weighted by Crippen LogP contribution is 2.32. The number of hydrogen-bond donors (Lipinski definition) is 1. The lowest BCUT2D eigenvalue weighted by Crippen LogP contribution is -2.63. The molecule has 5 nitrogen and oxygen atoms in total. The first-order valence-corrected chi connectivity index (χ1v) is 6.93. The second-order valence-electron chi connectivity index (χ2n) is 5.12. The Balaban J connectivity index is 2.17. The molecule has 18 heavy (non-hydrogen) atoms. The zero-order valence-corrected chi connectivity index (χ0v) is 11.4. The molecule has 2 saturated heterocycles. The zero-order valence-electron chi connectivity index (χ0n) is 11.4. The summed E-state index contributed by atoms with van der Waals surface area (Å²) in [7, 11) is 0. The van der Waals surface area contributed by atoms with Crippen LogP contribution in [-0.2, 0) is 14.3 Å². The SMILES string of the molecule is CCOC(=O)C1(N2CCNCC2)CCOC(C)C1. The van der Waals surface area contributed by atoms with Crippen molar-refractivity contribution in [3.63, 3.8) is 0 Å². The highest BCUT2D eigenvalue weighted by Gasteiger charge is 2.48. The summed E-state index contributed by atoms with van der Waals surface area (Å²) >= 11 is 0. The first kappa shape index (κ1) is 13.8. The van der Waals surface area contributed by atoms with Crippen molar-refractivity contribution in [3.8, 4) is 0 Å². The fourth-order valence-corrected chi connectivity index (χ4v) is 3.03. The molecule has 0 aromatic heterocycles. The number of carbonyl (C=O) groups excluding carboxylic acids is 1. The topological polar surface area (TPSA) is 50.8 Å². The van der Waals surface area contributed by atoms with Gasteiger partial charge in [-0.25, -0.2) is 0 Å². The average Bonchev–Trinajstić information content (AvgIpc) is 2.40. The average molecular weight is 256 g/mol. The predicted octanol–water partition coefficient (Wildman–Crippen LogP) is 0.392. The third kappa shape index (κ3) is 2.68. The largest absolute Gasteiger partial charge is 0.465 e. The Labute approximate surface area is 109 Å². The molecule has 0 bridgehead atoms. The van der Waals surface area contributed by atoms with Crippen molar-refractivity contribution in [1.82, 2.24) is 10.2 Å². The van der Waals surface area contributed by atoms with Crippen LogP contribution in [0.4, 0.5) is 0 Å². The van der Waals surface area contributed by atoms with Crippen LogP contribution in [0.15, 0.2) is 0 Å². The summed E-state index contributed by atoms with van der Waals surface area (Å²) < 4.78 is 10.9. The molecular weight excluding hydrogens is 232 g/mol. The van der Waals surface area contributed by atoms with Gasteiger partial charge in [0.25, 0.3) is 0 Å². The maximum absolute atomic E-state index is 12.4. The monoisotopic (exact) mass is 256 g/mol. The summed E-state index contributed by atoms with van der Waals surface area (Å²) in [6.45, 7) is 8.69. The van der Waals surface area contributed by atoms with E-state index < -0.39 is 5.54 Å². The van der Waals surface area contributed by atoms with Gasteiger partial charge in [-0.2, -0.15) is 0 Å². The molecule has 104 valence electrons. The van der Waals surface area contributed by atoms with Crippen LogP contribution in [0.2, 0.25) is 0 Å². The van der Waals surface area contributed by atoms with Crippen LogP contribution in [0.25, 0.3) is 0 Å². The van der Waals surface area contributed by atoms with Gasteiger partial charge in [0.2, 0.25) is 0 Å². The van der Waals surface area contributed by atoms with Crippen LogP contribution >= 0.6 is 0 Å². The second-order valence-corrected chi connectivity index (χ2v) is 5.12. The van der Waals surface area contributed by atoms with E-state index >= 15 is 0 Å². The van der Waals surface area contributed by atoms with E-state index in [2.05, 4.69) is 10.2 Å². The summed E-state index contributed by atoms with van der Waals surface area (Å²) in [6, 6.07) is 0. The molecule has 0 aromatic carbocycles. The number of ether oxygens (including phenoxy) is 2. The van der Waals surface area contributed by atoms with Gasteiger partial charge in [0.05, 0.1) is 12.7 Å². The van der Waals surface area contributed by atoms with Crippen LogP contribution in [0, 0.1) is 0 Å². The van der Waals surface area contributed by atoms with Gasteiger partial charge in [0.1, 0.15) is 5.54 Å². The minimum absolute atomic E-state index is 0.0675. The maximum atomic E-state index is 12.4. The lowest BCUT2D eigenvalue weighted by atomic mass is 9.84. The molecule has 2 aliphatic rings. The van der Waals surface area contributed by atoms with Crippen LogP contribution in [0.1, 0.15) is 26.7 Å². The van der Waals surface area contributed by atoms with E-state index in [1.165, 1.54) is 0 Å². The van der Waals surface area contributed by atoms with Gasteiger partial charge >= 0.3 is 5.97 Å². The molecule has 2 atom stereocenters. The standard InChI is InChI=1S/C13H24N2O3/c1-3-17-12(16)13(4-9-18-11(2)10-13)15-7-5-14-6-8-15/h11,14H,3-10H2,1-2H3. The lowest BCUT2D eigenvalue weighted by molar-refractivity contribution is -0.169. The summed E-state index contributed by atoms with van der Waals surface area (Å²) in [5.41, 5.74) is -0.463. The molecule has 2 heterocycles. The van der Waals surface area contributed by atoms with E-state index in [0.29, 0.717) is 13.2 Å². The first-order chi connectivity index (χ1) is 8.69. The number of carbonyl (C=O) groups is 1. The molecule has 5 heteroatoms. The van der Waals surface area contributed by atoms with Crippen LogP contribution in [0.3, 0.4) is 0 Å². The number of rotatable bonds is 3. The number of piperazine rings is 1. The third-order valence-corrected chi connectivity index (χ3v) is 3.92. The van der Waals surface area contributed by atoms with Gasteiger partial charge in [-0.15, -0.1) is 0 Å². The molecule has 0 amide bonds. The fraction of sp³-hybridized carbons (Fsp3) is 0.923. The Hall–Kier alpha value is -0.650. The van der Waals surface area contributed by atoms with Gasteiger partial charge in [-0.3, -0.25) is 9.69 Å². The molecule has 0 aromatic rings. The Morgan fingerprint density at radius 1 is 1.50 bits per heavy atom. The lowest BCUT2D eigenvalue weighted by Gasteiger charge is -2.47. The molecule has 2 aliphatic heterocycles. The summed E-state index contributed by atoms with van der Waals surface area (Å²) in [5, 5.41) is 3.33. The van der Waals surface area contributed by atoms with Crippen molar-refractivity contribution in [2.24, 2.45) is 0 Å². The molecule has 2 unspecified atom stereocenters. The van der Waals surface area contributed by atoms with Crippen molar-refractivity contribution in [1.29, 1.82) is 0 Å². The highest BCUT2D eigenvalue weighted by atomic mass is 16.5. The summed E-state index contributed by atoms with van der Waals surface area (Å²) in [6.07, 6.45) is 1.61. The number of hydrogen-bond acceptors (Lipinski definition) is 5. The van der Waals surface area contributed by atoms with Gasteiger partial charge in [0.15, 0.2) is 0 Å². The quantitative estimate of drug-likeness (QED) is 0.740. The molecule has 0 spiro atoms. The molecule has 0 radical (unpaired) electrons. The minimum Gasteiger partial charge on any atom is -0.465 e. The molecule has 0 saturated carbocycles. The minimum atomic E-state index is -0.463. The summed E-state index contributed by atoms with van der Waals surface area (Å²) in [4.78, 5) is 14.7. The number of nitrogens with one attached hydrogen (secondary N) is 1. The van der Waals surface area contributed by atoms with Crippen LogP contribution in [-0.4, -0.2) is 61.9 Å².